The standard InChI is InChI=1S/C46H43N5O10/c1-4-49(21-39(52)50-33(45(54)56-2)19-29-27-9-5-7-11-31(27)47-41(29)43(50)25-13-15-35-37(17-25)60-23-58-35)22-40(53)51-34(46(55)57-3)20-30-28-10-6-8-12-32(28)48-42(30)44(51)26-14-16-36-38(18-26)61-24-59-36/h5-18,33-34,43-44,47-48H,4,19-24H2,1-3H3/t33-,34-,43+,44+/m1/s1. The Morgan fingerprint density at radius 2 is 1.05 bits per heavy atom. The predicted octanol–water partition coefficient (Wildman–Crippen LogP) is 5.16. The second kappa shape index (κ2) is 15.2. The Balaban J connectivity index is 1.02. The van der Waals surface area contributed by atoms with Crippen molar-refractivity contribution in [3.05, 3.63) is 119 Å². The average Bonchev–Trinajstić information content (AvgIpc) is 4.11. The highest BCUT2D eigenvalue weighted by Crippen LogP contribution is 2.46. The number of hydrogen-bond acceptors (Lipinski definition) is 11. The first-order valence-corrected chi connectivity index (χ1v) is 20.2. The largest absolute Gasteiger partial charge is 0.467 e. The van der Waals surface area contributed by atoms with Crippen LogP contribution < -0.4 is 18.9 Å². The van der Waals surface area contributed by atoms with Crippen molar-refractivity contribution >= 4 is 45.6 Å². The lowest BCUT2D eigenvalue weighted by molar-refractivity contribution is -0.157. The molecule has 0 saturated carbocycles. The van der Waals surface area contributed by atoms with Crippen LogP contribution in [0.5, 0.6) is 23.0 Å². The quantitative estimate of drug-likeness (QED) is 0.185. The Morgan fingerprint density at radius 1 is 0.623 bits per heavy atom. The van der Waals surface area contributed by atoms with E-state index in [1.54, 1.807) is 26.8 Å². The second-order valence-corrected chi connectivity index (χ2v) is 15.5. The van der Waals surface area contributed by atoms with Crippen molar-refractivity contribution < 1.29 is 47.6 Å². The van der Waals surface area contributed by atoms with Crippen LogP contribution in [0, 0.1) is 0 Å². The van der Waals surface area contributed by atoms with Crippen LogP contribution in [0.15, 0.2) is 84.9 Å². The summed E-state index contributed by atoms with van der Waals surface area (Å²) >= 11 is 0. The van der Waals surface area contributed by atoms with E-state index < -0.39 is 47.9 Å². The maximum Gasteiger partial charge on any atom is 0.328 e. The number of carbonyl (C=O) groups excluding carboxylic acids is 4. The minimum Gasteiger partial charge on any atom is -0.467 e. The molecular formula is C46H43N5O10. The van der Waals surface area contributed by atoms with E-state index in [0.29, 0.717) is 40.7 Å². The van der Waals surface area contributed by atoms with Crippen molar-refractivity contribution in [2.24, 2.45) is 0 Å². The van der Waals surface area contributed by atoms with E-state index in [1.165, 1.54) is 14.2 Å². The first-order valence-electron chi connectivity index (χ1n) is 20.2. The number of rotatable bonds is 9. The van der Waals surface area contributed by atoms with Gasteiger partial charge in [-0.1, -0.05) is 55.5 Å². The molecule has 15 nitrogen and oxygen atoms in total. The number of carbonyl (C=O) groups is 4. The first kappa shape index (κ1) is 38.2. The van der Waals surface area contributed by atoms with E-state index in [4.69, 9.17) is 28.4 Å². The van der Waals surface area contributed by atoms with Gasteiger partial charge in [0, 0.05) is 46.0 Å². The number of benzene rings is 4. The highest BCUT2D eigenvalue weighted by Gasteiger charge is 2.47. The maximum atomic E-state index is 15.1. The molecule has 0 fully saturated rings. The van der Waals surface area contributed by atoms with Gasteiger partial charge in [-0.2, -0.15) is 0 Å². The number of methoxy groups -OCH3 is 2. The van der Waals surface area contributed by atoms with Gasteiger partial charge in [0.1, 0.15) is 12.1 Å². The van der Waals surface area contributed by atoms with Crippen molar-refractivity contribution in [3.63, 3.8) is 0 Å². The molecule has 2 N–H and O–H groups in total. The molecule has 2 amide bonds. The van der Waals surface area contributed by atoms with E-state index in [2.05, 4.69) is 9.97 Å². The van der Waals surface area contributed by atoms with Crippen LogP contribution in [-0.2, 0) is 41.5 Å². The van der Waals surface area contributed by atoms with Crippen molar-refractivity contribution in [1.29, 1.82) is 0 Å². The summed E-state index contributed by atoms with van der Waals surface area (Å²) in [7, 11) is 2.63. The van der Waals surface area contributed by atoms with Crippen molar-refractivity contribution in [1.82, 2.24) is 24.7 Å². The Hall–Kier alpha value is -7.00. The number of esters is 2. The number of aromatic amines is 2. The molecule has 2 aromatic heterocycles. The van der Waals surface area contributed by atoms with E-state index >= 15 is 9.59 Å². The molecule has 4 aliphatic heterocycles. The number of nitrogens with one attached hydrogen (secondary N) is 2. The topological polar surface area (TPSA) is 165 Å². The maximum absolute atomic E-state index is 15.1. The van der Waals surface area contributed by atoms with Crippen molar-refractivity contribution in [3.8, 4) is 23.0 Å². The van der Waals surface area contributed by atoms with Gasteiger partial charge >= 0.3 is 11.9 Å². The van der Waals surface area contributed by atoms with E-state index in [0.717, 1.165) is 44.3 Å². The monoisotopic (exact) mass is 825 g/mol. The number of hydrogen-bond donors (Lipinski definition) is 2. The fourth-order valence-corrected chi connectivity index (χ4v) is 9.52. The number of amides is 2. The van der Waals surface area contributed by atoms with E-state index in [1.807, 2.05) is 79.7 Å². The molecule has 0 saturated heterocycles. The Labute approximate surface area is 350 Å². The van der Waals surface area contributed by atoms with Gasteiger partial charge in [0.05, 0.1) is 39.4 Å². The highest BCUT2D eigenvalue weighted by molar-refractivity contribution is 5.93. The van der Waals surface area contributed by atoms with Gasteiger partial charge in [-0.3, -0.25) is 14.5 Å². The lowest BCUT2D eigenvalue weighted by Crippen LogP contribution is -2.56. The molecule has 0 aliphatic carbocycles. The van der Waals surface area contributed by atoms with Crippen LogP contribution in [0.4, 0.5) is 0 Å². The molecule has 6 heterocycles. The molecule has 0 bridgehead atoms. The van der Waals surface area contributed by atoms with Crippen LogP contribution >= 0.6 is 0 Å². The third-order valence-electron chi connectivity index (χ3n) is 12.4. The Bertz CT molecular complexity index is 2560. The summed E-state index contributed by atoms with van der Waals surface area (Å²) in [6.07, 6.45) is 0.422. The molecular weight excluding hydrogens is 783 g/mol. The van der Waals surface area contributed by atoms with E-state index in [-0.39, 0.29) is 39.5 Å². The first-order chi connectivity index (χ1) is 29.8. The molecule has 6 aromatic rings. The van der Waals surface area contributed by atoms with Gasteiger partial charge in [-0.05, 0) is 65.2 Å². The Morgan fingerprint density at radius 3 is 1.48 bits per heavy atom. The summed E-state index contributed by atoms with van der Waals surface area (Å²) < 4.78 is 33.5. The van der Waals surface area contributed by atoms with Crippen LogP contribution in [0.25, 0.3) is 21.8 Å². The predicted molar refractivity (Wildman–Crippen MR) is 220 cm³/mol. The molecule has 4 atom stereocenters. The molecule has 4 aliphatic rings. The van der Waals surface area contributed by atoms with Gasteiger partial charge in [0.25, 0.3) is 0 Å². The second-order valence-electron chi connectivity index (χ2n) is 15.5. The average molecular weight is 826 g/mol. The van der Waals surface area contributed by atoms with Gasteiger partial charge in [0.2, 0.25) is 25.4 Å². The summed E-state index contributed by atoms with van der Waals surface area (Å²) in [4.78, 5) is 69.6. The van der Waals surface area contributed by atoms with Crippen LogP contribution in [0.3, 0.4) is 0 Å². The van der Waals surface area contributed by atoms with Crippen LogP contribution in [0.2, 0.25) is 0 Å². The lowest BCUT2D eigenvalue weighted by Gasteiger charge is -2.43. The van der Waals surface area contributed by atoms with Gasteiger partial charge in [-0.25, -0.2) is 9.59 Å². The van der Waals surface area contributed by atoms with Gasteiger partial charge < -0.3 is 48.2 Å². The Kier molecular flexibility index (Phi) is 9.54. The summed E-state index contributed by atoms with van der Waals surface area (Å²) in [5.74, 6) is 0.289. The summed E-state index contributed by atoms with van der Waals surface area (Å²) in [6, 6.07) is 23.2. The molecule has 10 rings (SSSR count). The fourth-order valence-electron chi connectivity index (χ4n) is 9.52. The van der Waals surface area contributed by atoms with Crippen LogP contribution in [-0.4, -0.2) is 108 Å². The minimum absolute atomic E-state index is 0.0684. The number of ether oxygens (including phenoxy) is 6. The van der Waals surface area contributed by atoms with Gasteiger partial charge in [-0.15, -0.1) is 0 Å². The minimum atomic E-state index is -0.990. The molecule has 312 valence electrons. The van der Waals surface area contributed by atoms with Crippen LogP contribution in [0.1, 0.15) is 52.6 Å². The van der Waals surface area contributed by atoms with Crippen molar-refractivity contribution in [2.45, 2.75) is 43.9 Å². The molecule has 61 heavy (non-hydrogen) atoms. The molecule has 4 aromatic carbocycles. The third-order valence-corrected chi connectivity index (χ3v) is 12.4. The SMILES string of the molecule is CCN(CC(=O)N1[C@@H](c2ccc3c(c2)OCO3)c2[nH]c3ccccc3c2C[C@@H]1C(=O)OC)CC(=O)N1[C@@H](c2ccc3c(c2)OCO3)c2[nH]c3ccccc3c2C[C@@H]1C(=O)OC. The number of para-hydroxylation sites is 2. The number of fused-ring (bicyclic) bond motifs is 8. The zero-order valence-electron chi connectivity index (χ0n) is 33.8. The smallest absolute Gasteiger partial charge is 0.328 e. The van der Waals surface area contributed by atoms with Crippen molar-refractivity contribution in [2.75, 3.05) is 47.4 Å². The highest BCUT2D eigenvalue weighted by atomic mass is 16.7. The molecule has 0 unspecified atom stereocenters. The number of likely N-dealkylation sites (N-methyl/N-ethyl adjacent to an activating group) is 1. The zero-order valence-corrected chi connectivity index (χ0v) is 33.8. The number of H-pyrrole nitrogens is 2. The summed E-state index contributed by atoms with van der Waals surface area (Å²) in [5.41, 5.74) is 6.49. The number of nitrogens with zero attached hydrogens (tertiary/aromatic N) is 3. The zero-order chi connectivity index (χ0) is 41.9. The molecule has 15 heteroatoms. The fraction of sp³-hybridized carbons (Fsp3) is 0.304. The molecule has 0 radical (unpaired) electrons. The van der Waals surface area contributed by atoms with Gasteiger partial charge in [0.15, 0.2) is 23.0 Å². The summed E-state index contributed by atoms with van der Waals surface area (Å²) in [5, 5.41) is 1.89. The number of aromatic nitrogens is 2. The molecule has 0 spiro atoms. The third kappa shape index (κ3) is 6.38. The van der Waals surface area contributed by atoms with E-state index in [9.17, 15) is 9.59 Å². The normalized spacial score (nSPS) is 19.9. The lowest BCUT2D eigenvalue weighted by atomic mass is 9.87. The summed E-state index contributed by atoms with van der Waals surface area (Å²) in [6.45, 7) is 1.84.